The van der Waals surface area contributed by atoms with E-state index in [-0.39, 0.29) is 17.5 Å². The first-order valence-electron chi connectivity index (χ1n) is 12.0. The van der Waals surface area contributed by atoms with Gasteiger partial charge in [0.15, 0.2) is 5.13 Å². The van der Waals surface area contributed by atoms with Crippen molar-refractivity contribution in [2.45, 2.75) is 24.9 Å². The molecule has 4 aromatic rings. The number of likely N-dealkylation sites (tertiary alicyclic amines) is 1. The maximum absolute atomic E-state index is 13.8. The van der Waals surface area contributed by atoms with E-state index in [1.807, 2.05) is 53.9 Å². The summed E-state index contributed by atoms with van der Waals surface area (Å²) in [6.45, 7) is 0.423. The Bertz CT molecular complexity index is 1380. The van der Waals surface area contributed by atoms with Gasteiger partial charge in [-0.3, -0.25) is 19.4 Å². The normalized spacial score (nSPS) is 15.7. The summed E-state index contributed by atoms with van der Waals surface area (Å²) in [4.78, 5) is 50.1. The van der Waals surface area contributed by atoms with Crippen molar-refractivity contribution in [1.82, 2.24) is 20.2 Å². The number of nitrogens with zero attached hydrogens (tertiary/aromatic N) is 3. The quantitative estimate of drug-likeness (QED) is 0.385. The highest BCUT2D eigenvalue weighted by molar-refractivity contribution is 7.14. The van der Waals surface area contributed by atoms with Crippen LogP contribution < -0.4 is 10.6 Å². The number of amides is 3. The van der Waals surface area contributed by atoms with E-state index in [1.165, 1.54) is 17.5 Å². The lowest BCUT2D eigenvalue weighted by atomic mass is 10.0. The molecular weight excluding hydrogens is 486 g/mol. The van der Waals surface area contributed by atoms with Gasteiger partial charge in [0.2, 0.25) is 11.8 Å². The molecule has 1 aliphatic rings. The lowest BCUT2D eigenvalue weighted by molar-refractivity contribution is -0.138. The summed E-state index contributed by atoms with van der Waals surface area (Å²) in [6.07, 6.45) is 2.74. The van der Waals surface area contributed by atoms with Gasteiger partial charge < -0.3 is 15.5 Å². The van der Waals surface area contributed by atoms with Crippen molar-refractivity contribution in [3.8, 4) is 11.3 Å². The summed E-state index contributed by atoms with van der Waals surface area (Å²) in [5.41, 5.74) is 2.59. The minimum absolute atomic E-state index is 0.213. The van der Waals surface area contributed by atoms with E-state index in [1.54, 1.807) is 35.2 Å². The SMILES string of the molecule is O=C(N[C@@H](C(=O)N1CCC[C@H]1C(=O)Nc1nc(-c2ccccc2)cs1)c1ccccc1)c1ccccn1. The van der Waals surface area contributed by atoms with E-state index in [0.29, 0.717) is 30.1 Å². The number of carbonyl (C=O) groups excluding carboxylic acids is 3. The molecule has 1 saturated heterocycles. The predicted octanol–water partition coefficient (Wildman–Crippen LogP) is 4.31. The second-order valence-corrected chi connectivity index (χ2v) is 9.47. The van der Waals surface area contributed by atoms with Crippen LogP contribution in [0.3, 0.4) is 0 Å². The smallest absolute Gasteiger partial charge is 0.270 e. The standard InChI is InChI=1S/C28H25N5O3S/c34-25(21-14-7-8-16-29-21)31-24(20-12-5-2-6-13-20)27(36)33-17-9-15-23(33)26(35)32-28-30-22(18-37-28)19-10-3-1-4-11-19/h1-8,10-14,16,18,23-24H,9,15,17H2,(H,31,34)(H,30,32,35)/t23-,24+/m0/s1. The van der Waals surface area contributed by atoms with Crippen molar-refractivity contribution >= 4 is 34.2 Å². The number of aromatic nitrogens is 2. The molecule has 9 heteroatoms. The van der Waals surface area contributed by atoms with Gasteiger partial charge >= 0.3 is 0 Å². The van der Waals surface area contributed by atoms with E-state index in [9.17, 15) is 14.4 Å². The highest BCUT2D eigenvalue weighted by Crippen LogP contribution is 2.28. The summed E-state index contributed by atoms with van der Waals surface area (Å²) < 4.78 is 0. The van der Waals surface area contributed by atoms with Crippen LogP contribution in [0.25, 0.3) is 11.3 Å². The zero-order valence-electron chi connectivity index (χ0n) is 19.9. The van der Waals surface area contributed by atoms with E-state index >= 15 is 0 Å². The van der Waals surface area contributed by atoms with Crippen LogP contribution in [-0.2, 0) is 9.59 Å². The van der Waals surface area contributed by atoms with Crippen molar-refractivity contribution in [3.05, 3.63) is 102 Å². The topological polar surface area (TPSA) is 104 Å². The van der Waals surface area contributed by atoms with Crippen molar-refractivity contribution in [1.29, 1.82) is 0 Å². The second-order valence-electron chi connectivity index (χ2n) is 8.61. The Hall–Kier alpha value is -4.37. The number of benzene rings is 2. The minimum atomic E-state index is -0.950. The molecule has 3 heterocycles. The molecule has 1 fully saturated rings. The Labute approximate surface area is 218 Å². The van der Waals surface area contributed by atoms with Crippen LogP contribution in [0.5, 0.6) is 0 Å². The molecule has 5 rings (SSSR count). The molecular formula is C28H25N5O3S. The number of anilines is 1. The summed E-state index contributed by atoms with van der Waals surface area (Å²) in [7, 11) is 0. The summed E-state index contributed by atoms with van der Waals surface area (Å²) in [6, 6.07) is 22.2. The predicted molar refractivity (Wildman–Crippen MR) is 142 cm³/mol. The van der Waals surface area contributed by atoms with Crippen molar-refractivity contribution in [2.75, 3.05) is 11.9 Å². The van der Waals surface area contributed by atoms with Crippen LogP contribution in [0.15, 0.2) is 90.4 Å². The van der Waals surface area contributed by atoms with Crippen LogP contribution in [0.1, 0.15) is 34.9 Å². The van der Waals surface area contributed by atoms with Crippen LogP contribution in [0.2, 0.25) is 0 Å². The molecule has 2 atom stereocenters. The van der Waals surface area contributed by atoms with Crippen LogP contribution in [-0.4, -0.2) is 45.2 Å². The van der Waals surface area contributed by atoms with Gasteiger partial charge in [0.25, 0.3) is 5.91 Å². The van der Waals surface area contributed by atoms with Crippen LogP contribution >= 0.6 is 11.3 Å². The molecule has 1 aliphatic heterocycles. The van der Waals surface area contributed by atoms with Gasteiger partial charge in [-0.1, -0.05) is 66.7 Å². The van der Waals surface area contributed by atoms with Crippen molar-refractivity contribution in [2.24, 2.45) is 0 Å². The number of hydrogen-bond donors (Lipinski definition) is 2. The molecule has 0 spiro atoms. The molecule has 2 N–H and O–H groups in total. The molecule has 186 valence electrons. The highest BCUT2D eigenvalue weighted by Gasteiger charge is 2.38. The first-order valence-corrected chi connectivity index (χ1v) is 12.9. The third-order valence-electron chi connectivity index (χ3n) is 6.20. The Balaban J connectivity index is 1.33. The molecule has 8 nitrogen and oxygen atoms in total. The van der Waals surface area contributed by atoms with Crippen LogP contribution in [0, 0.1) is 0 Å². The molecule has 2 aromatic heterocycles. The highest BCUT2D eigenvalue weighted by atomic mass is 32.1. The lowest BCUT2D eigenvalue weighted by Gasteiger charge is -2.28. The average molecular weight is 512 g/mol. The van der Waals surface area contributed by atoms with Crippen LogP contribution in [0.4, 0.5) is 5.13 Å². The molecule has 37 heavy (non-hydrogen) atoms. The molecule has 2 aromatic carbocycles. The molecule has 3 amide bonds. The maximum Gasteiger partial charge on any atom is 0.270 e. The summed E-state index contributed by atoms with van der Waals surface area (Å²) >= 11 is 1.34. The van der Waals surface area contributed by atoms with E-state index in [0.717, 1.165) is 11.3 Å². The molecule has 0 bridgehead atoms. The first-order chi connectivity index (χ1) is 18.1. The number of hydrogen-bond acceptors (Lipinski definition) is 6. The Kier molecular flexibility index (Phi) is 7.32. The van der Waals surface area contributed by atoms with Gasteiger partial charge in [-0.2, -0.15) is 0 Å². The number of thiazole rings is 1. The summed E-state index contributed by atoms with van der Waals surface area (Å²) in [5.74, 6) is -1.08. The van der Waals surface area contributed by atoms with E-state index in [4.69, 9.17) is 0 Å². The van der Waals surface area contributed by atoms with Gasteiger partial charge in [-0.15, -0.1) is 11.3 Å². The number of carbonyl (C=O) groups is 3. The maximum atomic E-state index is 13.8. The van der Waals surface area contributed by atoms with Gasteiger partial charge in [-0.25, -0.2) is 4.98 Å². The zero-order chi connectivity index (χ0) is 25.6. The van der Waals surface area contributed by atoms with Crippen molar-refractivity contribution < 1.29 is 14.4 Å². The van der Waals surface area contributed by atoms with Gasteiger partial charge in [-0.05, 0) is 30.5 Å². The second kappa shape index (κ2) is 11.1. The third kappa shape index (κ3) is 5.57. The Morgan fingerprint density at radius 1 is 0.946 bits per heavy atom. The minimum Gasteiger partial charge on any atom is -0.335 e. The molecule has 0 saturated carbocycles. The van der Waals surface area contributed by atoms with Gasteiger partial charge in [0.05, 0.1) is 5.69 Å². The molecule has 0 radical (unpaired) electrons. The zero-order valence-corrected chi connectivity index (χ0v) is 20.7. The number of nitrogens with one attached hydrogen (secondary N) is 2. The van der Waals surface area contributed by atoms with Gasteiger partial charge in [0, 0.05) is 23.7 Å². The van der Waals surface area contributed by atoms with Crippen molar-refractivity contribution in [3.63, 3.8) is 0 Å². The molecule has 0 aliphatic carbocycles. The summed E-state index contributed by atoms with van der Waals surface area (Å²) in [5, 5.41) is 8.07. The fraction of sp³-hybridized carbons (Fsp3) is 0.179. The van der Waals surface area contributed by atoms with Gasteiger partial charge in [0.1, 0.15) is 17.8 Å². The Morgan fingerprint density at radius 2 is 1.68 bits per heavy atom. The largest absolute Gasteiger partial charge is 0.335 e. The lowest BCUT2D eigenvalue weighted by Crippen LogP contribution is -2.48. The van der Waals surface area contributed by atoms with E-state index in [2.05, 4.69) is 20.6 Å². The van der Waals surface area contributed by atoms with E-state index < -0.39 is 18.0 Å². The number of rotatable bonds is 7. The number of pyridine rings is 1. The Morgan fingerprint density at radius 3 is 2.41 bits per heavy atom. The third-order valence-corrected chi connectivity index (χ3v) is 6.95. The first kappa shape index (κ1) is 24.3. The average Bonchev–Trinajstić information content (AvgIpc) is 3.63. The molecule has 0 unspecified atom stereocenters. The fourth-order valence-electron chi connectivity index (χ4n) is 4.37. The fourth-order valence-corrected chi connectivity index (χ4v) is 5.09. The monoisotopic (exact) mass is 511 g/mol.